The number of hydrogen-bond acceptors (Lipinski definition) is 5. The second-order valence-electron chi connectivity index (χ2n) is 3.65. The molecule has 4 nitrogen and oxygen atoms in total. The monoisotopic (exact) mass is 333 g/mol. The molecule has 2 aromatic rings. The molecule has 0 amide bonds. The third kappa shape index (κ3) is 3.90. The molecule has 19 heavy (non-hydrogen) atoms. The van der Waals surface area contributed by atoms with Crippen LogP contribution in [0.1, 0.15) is 0 Å². The van der Waals surface area contributed by atoms with E-state index in [1.54, 1.807) is 24.5 Å². The van der Waals surface area contributed by atoms with Crippen LogP contribution in [0.4, 0.5) is 0 Å². The number of primary sulfonamides is 1. The maximum atomic E-state index is 11.3. The molecular weight excluding hydrogens is 322 g/mol. The molecule has 0 aliphatic heterocycles. The van der Waals surface area contributed by atoms with Crippen LogP contribution in [0.25, 0.3) is 0 Å². The lowest BCUT2D eigenvalue weighted by atomic mass is 10.4. The first-order chi connectivity index (χ1) is 8.86. The summed E-state index contributed by atoms with van der Waals surface area (Å²) in [6.07, 6.45) is 1.62. The molecule has 1 aromatic heterocycles. The number of hydrogen-bond donors (Lipinski definition) is 1. The lowest BCUT2D eigenvalue weighted by Crippen LogP contribution is -2.09. The largest absolute Gasteiger partial charge is 0.255 e. The molecule has 8 heteroatoms. The molecule has 1 heterocycles. The third-order valence-electron chi connectivity index (χ3n) is 2.21. The van der Waals surface area contributed by atoms with Crippen molar-refractivity contribution >= 4 is 43.9 Å². The highest BCUT2D eigenvalue weighted by atomic mass is 32.3. The maximum absolute atomic E-state index is 11.3. The Labute approximate surface area is 122 Å². The van der Waals surface area contributed by atoms with Gasteiger partial charge in [0, 0.05) is 26.8 Å². The number of nitrogens with two attached hydrogens (primary N) is 1. The molecule has 102 valence electrons. The summed E-state index contributed by atoms with van der Waals surface area (Å²) in [4.78, 5) is 1.72. The molecule has 0 fully saturated rings. The fraction of sp³-hybridized carbons (Fsp3) is 0.0909. The SMILES string of the molecule is CS(=O)c1ccc(Sc2ccc(S(N)(=O)=O)s2)cc1. The van der Waals surface area contributed by atoms with Crippen LogP contribution in [0, 0.1) is 0 Å². The average molecular weight is 333 g/mol. The zero-order valence-electron chi connectivity index (χ0n) is 9.90. The summed E-state index contributed by atoms with van der Waals surface area (Å²) < 4.78 is 34.6. The van der Waals surface area contributed by atoms with E-state index in [1.165, 1.54) is 17.8 Å². The Morgan fingerprint density at radius 3 is 2.26 bits per heavy atom. The van der Waals surface area contributed by atoms with Crippen LogP contribution in [0.15, 0.2) is 54.6 Å². The van der Waals surface area contributed by atoms with Crippen molar-refractivity contribution in [2.24, 2.45) is 5.14 Å². The normalized spacial score (nSPS) is 13.4. The van der Waals surface area contributed by atoms with Gasteiger partial charge in [0.25, 0.3) is 0 Å². The smallest absolute Gasteiger partial charge is 0.247 e. The predicted molar refractivity (Wildman–Crippen MR) is 78.6 cm³/mol. The van der Waals surface area contributed by atoms with E-state index in [1.807, 2.05) is 12.1 Å². The van der Waals surface area contributed by atoms with E-state index in [9.17, 15) is 12.6 Å². The molecule has 0 spiro atoms. The van der Waals surface area contributed by atoms with Gasteiger partial charge in [-0.1, -0.05) is 11.8 Å². The van der Waals surface area contributed by atoms with Crippen LogP contribution < -0.4 is 5.14 Å². The molecule has 1 atom stereocenters. The molecule has 1 aromatic carbocycles. The highest BCUT2D eigenvalue weighted by molar-refractivity contribution is 8.01. The van der Waals surface area contributed by atoms with Gasteiger partial charge in [0.1, 0.15) is 4.21 Å². The van der Waals surface area contributed by atoms with E-state index in [0.29, 0.717) is 0 Å². The molecule has 0 saturated heterocycles. The van der Waals surface area contributed by atoms with E-state index in [-0.39, 0.29) is 4.21 Å². The summed E-state index contributed by atoms with van der Waals surface area (Å²) >= 11 is 2.58. The molecule has 1 unspecified atom stereocenters. The molecule has 0 radical (unpaired) electrons. The van der Waals surface area contributed by atoms with Crippen molar-refractivity contribution in [2.75, 3.05) is 6.26 Å². The number of benzene rings is 1. The minimum absolute atomic E-state index is 0.154. The maximum Gasteiger partial charge on any atom is 0.247 e. The Morgan fingerprint density at radius 1 is 1.16 bits per heavy atom. The summed E-state index contributed by atoms with van der Waals surface area (Å²) in [5.74, 6) is 0. The molecule has 2 rings (SSSR count). The summed E-state index contributed by atoms with van der Waals surface area (Å²) in [5.41, 5.74) is 0. The van der Waals surface area contributed by atoms with Crippen LogP contribution in [0.3, 0.4) is 0 Å². The summed E-state index contributed by atoms with van der Waals surface area (Å²) in [5, 5.41) is 5.06. The zero-order chi connectivity index (χ0) is 14.0. The van der Waals surface area contributed by atoms with Crippen LogP contribution in [-0.4, -0.2) is 18.9 Å². The second-order valence-corrected chi connectivity index (χ2v) is 9.27. The van der Waals surface area contributed by atoms with Crippen LogP contribution in [-0.2, 0) is 20.8 Å². The minimum Gasteiger partial charge on any atom is -0.255 e. The van der Waals surface area contributed by atoms with Crippen LogP contribution in [0.2, 0.25) is 0 Å². The van der Waals surface area contributed by atoms with Gasteiger partial charge in [-0.25, -0.2) is 13.6 Å². The van der Waals surface area contributed by atoms with E-state index < -0.39 is 20.8 Å². The van der Waals surface area contributed by atoms with Gasteiger partial charge in [-0.2, -0.15) is 0 Å². The Kier molecular flexibility index (Phi) is 4.46. The van der Waals surface area contributed by atoms with Gasteiger partial charge in [-0.3, -0.25) is 4.21 Å². The molecule has 0 saturated carbocycles. The number of sulfonamides is 1. The fourth-order valence-electron chi connectivity index (χ4n) is 1.33. The third-order valence-corrected chi connectivity index (χ3v) is 6.81. The van der Waals surface area contributed by atoms with Crippen molar-refractivity contribution in [3.63, 3.8) is 0 Å². The zero-order valence-corrected chi connectivity index (χ0v) is 13.2. The number of thiophene rings is 1. The quantitative estimate of drug-likeness (QED) is 0.931. The first-order valence-electron chi connectivity index (χ1n) is 5.10. The van der Waals surface area contributed by atoms with E-state index in [0.717, 1.165) is 25.3 Å². The van der Waals surface area contributed by atoms with Gasteiger partial charge < -0.3 is 0 Å². The number of rotatable bonds is 4. The van der Waals surface area contributed by atoms with Gasteiger partial charge in [0.15, 0.2) is 0 Å². The highest BCUT2D eigenvalue weighted by Crippen LogP contribution is 2.34. The first kappa shape index (κ1) is 14.7. The van der Waals surface area contributed by atoms with Gasteiger partial charge in [-0.15, -0.1) is 11.3 Å². The molecule has 0 bridgehead atoms. The first-order valence-corrected chi connectivity index (χ1v) is 9.84. The Morgan fingerprint density at radius 2 is 1.79 bits per heavy atom. The van der Waals surface area contributed by atoms with Crippen molar-refractivity contribution in [1.29, 1.82) is 0 Å². The fourth-order valence-corrected chi connectivity index (χ4v) is 4.83. The van der Waals surface area contributed by atoms with E-state index in [2.05, 4.69) is 0 Å². The van der Waals surface area contributed by atoms with Crippen molar-refractivity contribution in [2.45, 2.75) is 18.2 Å². The van der Waals surface area contributed by atoms with Crippen molar-refractivity contribution in [3.8, 4) is 0 Å². The van der Waals surface area contributed by atoms with E-state index in [4.69, 9.17) is 5.14 Å². The van der Waals surface area contributed by atoms with E-state index >= 15 is 0 Å². The van der Waals surface area contributed by atoms with Gasteiger partial charge in [0.2, 0.25) is 10.0 Å². The topological polar surface area (TPSA) is 77.2 Å². The summed E-state index contributed by atoms with van der Waals surface area (Å²) in [6, 6.07) is 10.5. The van der Waals surface area contributed by atoms with Crippen LogP contribution in [0.5, 0.6) is 0 Å². The average Bonchev–Trinajstić information content (AvgIpc) is 2.78. The van der Waals surface area contributed by atoms with Gasteiger partial charge >= 0.3 is 0 Å². The molecular formula is C11H11NO3S4. The van der Waals surface area contributed by atoms with Crippen molar-refractivity contribution < 1.29 is 12.6 Å². The Hall–Kier alpha value is -0.670. The van der Waals surface area contributed by atoms with Crippen molar-refractivity contribution in [3.05, 3.63) is 36.4 Å². The second kappa shape index (κ2) is 5.76. The molecule has 0 aliphatic rings. The molecule has 0 aliphatic carbocycles. The molecule has 2 N–H and O–H groups in total. The predicted octanol–water partition coefficient (Wildman–Crippen LogP) is 2.28. The Balaban J connectivity index is 2.17. The Bertz CT molecular complexity index is 704. The van der Waals surface area contributed by atoms with Crippen molar-refractivity contribution in [1.82, 2.24) is 0 Å². The highest BCUT2D eigenvalue weighted by Gasteiger charge is 2.11. The summed E-state index contributed by atoms with van der Waals surface area (Å²) in [6.45, 7) is 0. The lowest BCUT2D eigenvalue weighted by molar-refractivity contribution is 0.600. The van der Waals surface area contributed by atoms with Gasteiger partial charge in [-0.05, 0) is 36.4 Å². The standard InChI is InChI=1S/C11H11NO3S4/c1-18(13)9-4-2-8(3-5-9)16-10-6-7-11(17-10)19(12,14)15/h2-7H,1H3,(H2,12,14,15). The summed E-state index contributed by atoms with van der Waals surface area (Å²) in [7, 11) is -4.62. The van der Waals surface area contributed by atoms with Gasteiger partial charge in [0.05, 0.1) is 4.21 Å². The van der Waals surface area contributed by atoms with Crippen LogP contribution >= 0.6 is 23.1 Å². The lowest BCUT2D eigenvalue weighted by Gasteiger charge is -2.00. The minimum atomic E-state index is -3.63.